The second kappa shape index (κ2) is 16.4. The second-order valence-corrected chi connectivity index (χ2v) is 10.9. The van der Waals surface area contributed by atoms with E-state index in [0.717, 1.165) is 73.5 Å². The molecule has 1 radical (unpaired) electrons. The van der Waals surface area contributed by atoms with Gasteiger partial charge in [-0.3, -0.25) is 20.0 Å². The van der Waals surface area contributed by atoms with Gasteiger partial charge in [0.1, 0.15) is 0 Å². The summed E-state index contributed by atoms with van der Waals surface area (Å²) in [7, 11) is 0. The van der Waals surface area contributed by atoms with Gasteiger partial charge in [-0.1, -0.05) is 74.8 Å². The number of benzene rings is 1. The summed E-state index contributed by atoms with van der Waals surface area (Å²) in [6.07, 6.45) is 7.33. The van der Waals surface area contributed by atoms with Crippen LogP contribution in [0.2, 0.25) is 0 Å². The van der Waals surface area contributed by atoms with Crippen LogP contribution in [0.25, 0.3) is 10.6 Å². The first-order valence-corrected chi connectivity index (χ1v) is 14.5. The average molecular weight is 691 g/mol. The monoisotopic (exact) mass is 690 g/mol. The van der Waals surface area contributed by atoms with Gasteiger partial charge in [0.15, 0.2) is 0 Å². The molecule has 0 amide bonds. The van der Waals surface area contributed by atoms with Gasteiger partial charge in [0.05, 0.1) is 36.5 Å². The number of thiocarbonyl (C=S) groups is 1. The van der Waals surface area contributed by atoms with Crippen LogP contribution in [-0.2, 0) is 6.42 Å². The standard InChI is InChI=1S/C30H41N7S.Tb/c1-20-27-7-5-9-29(36-27)22(3)33-18-26(17-24-11-13-25(14-12-24)34-19-38)35-23(4)30-10-6-8-28(37-30)21(2)32-16-15-31-20;/h11-14,26-30H,5-10,15-18H2,1-4H3;/q-2;. The molecule has 3 aliphatic heterocycles. The van der Waals surface area contributed by atoms with E-state index >= 15 is 0 Å². The van der Waals surface area contributed by atoms with Crippen molar-refractivity contribution in [2.24, 2.45) is 25.0 Å². The molecule has 1 aromatic rings. The topological polar surface area (TPSA) is 90.0 Å². The summed E-state index contributed by atoms with van der Waals surface area (Å²) in [4.78, 5) is 24.1. The van der Waals surface area contributed by atoms with Gasteiger partial charge in [-0.15, -0.1) is 0 Å². The number of fused-ring (bicyclic) bond motifs is 4. The molecule has 5 unspecified atom stereocenters. The first-order chi connectivity index (χ1) is 18.4. The zero-order valence-electron chi connectivity index (χ0n) is 23.6. The molecule has 2 saturated heterocycles. The number of aliphatic imine (C=N–C) groups is 5. The van der Waals surface area contributed by atoms with Crippen molar-refractivity contribution < 1.29 is 38.6 Å². The number of rotatable bonds is 3. The van der Waals surface area contributed by atoms with Gasteiger partial charge in [0, 0.05) is 38.6 Å². The van der Waals surface area contributed by atoms with E-state index in [1.807, 2.05) is 12.1 Å². The molecule has 2 fully saturated rings. The van der Waals surface area contributed by atoms with Crippen molar-refractivity contribution in [2.45, 2.75) is 103 Å². The zero-order valence-corrected chi connectivity index (χ0v) is 26.6. The van der Waals surface area contributed by atoms with E-state index in [0.29, 0.717) is 19.6 Å². The summed E-state index contributed by atoms with van der Waals surface area (Å²) >= 11 is 4.74. The Bertz CT molecular complexity index is 1120. The first-order valence-electron chi connectivity index (χ1n) is 14.1. The Kier molecular flexibility index (Phi) is 13.6. The first kappa shape index (κ1) is 32.4. The van der Waals surface area contributed by atoms with E-state index in [-0.39, 0.29) is 68.8 Å². The molecule has 1 aromatic carbocycles. The number of hydrogen-bond donors (Lipinski definition) is 0. The van der Waals surface area contributed by atoms with Crippen molar-refractivity contribution in [3.63, 3.8) is 0 Å². The van der Waals surface area contributed by atoms with Crippen molar-refractivity contribution in [3.05, 3.63) is 40.5 Å². The Morgan fingerprint density at radius 2 is 1.26 bits per heavy atom. The predicted octanol–water partition coefficient (Wildman–Crippen LogP) is 6.78. The van der Waals surface area contributed by atoms with E-state index in [1.165, 1.54) is 5.56 Å². The smallest absolute Gasteiger partial charge is 0.0739 e. The summed E-state index contributed by atoms with van der Waals surface area (Å²) in [5.74, 6) is 0. The molecule has 4 rings (SSSR count). The molecule has 9 heteroatoms. The summed E-state index contributed by atoms with van der Waals surface area (Å²) in [6, 6.07) is 8.85. The van der Waals surface area contributed by atoms with Crippen LogP contribution < -0.4 is 0 Å². The maximum Gasteiger partial charge on any atom is 0.0739 e. The third-order valence-corrected chi connectivity index (χ3v) is 7.99. The van der Waals surface area contributed by atoms with Crippen LogP contribution in [0.15, 0.2) is 49.2 Å². The van der Waals surface area contributed by atoms with Gasteiger partial charge < -0.3 is 10.6 Å². The molecule has 0 aliphatic carbocycles. The molecule has 0 N–H and O–H groups in total. The van der Waals surface area contributed by atoms with Crippen LogP contribution in [0.1, 0.15) is 71.8 Å². The van der Waals surface area contributed by atoms with Gasteiger partial charge in [-0.25, -0.2) is 0 Å². The largest absolute Gasteiger partial charge is 0.647 e. The Morgan fingerprint density at radius 1 is 0.769 bits per heavy atom. The molecular formula is C30H41N7STb-2. The van der Waals surface area contributed by atoms with Gasteiger partial charge in [0.25, 0.3) is 0 Å². The number of isothiocyanates is 1. The normalized spacial score (nSPS) is 28.7. The third-order valence-electron chi connectivity index (χ3n) is 7.90. The van der Waals surface area contributed by atoms with E-state index < -0.39 is 0 Å². The average Bonchev–Trinajstić information content (AvgIpc) is 2.94. The fraction of sp³-hybridized carbons (Fsp3) is 0.633. The van der Waals surface area contributed by atoms with Crippen LogP contribution in [0.4, 0.5) is 5.69 Å². The van der Waals surface area contributed by atoms with Crippen LogP contribution >= 0.6 is 12.2 Å². The Labute approximate surface area is 270 Å². The molecule has 0 spiro atoms. The van der Waals surface area contributed by atoms with Crippen molar-refractivity contribution in [2.75, 3.05) is 19.6 Å². The minimum Gasteiger partial charge on any atom is -0.647 e. The van der Waals surface area contributed by atoms with Gasteiger partial charge >= 0.3 is 0 Å². The van der Waals surface area contributed by atoms with Gasteiger partial charge in [-0.05, 0) is 86.9 Å². The molecular weight excluding hydrogens is 649 g/mol. The minimum absolute atomic E-state index is 0. The number of nitrogens with zero attached hydrogens (tertiary/aromatic N) is 7. The van der Waals surface area contributed by atoms with Crippen molar-refractivity contribution in [1.82, 2.24) is 0 Å². The zero-order chi connectivity index (χ0) is 26.9. The quantitative estimate of drug-likeness (QED) is 0.254. The summed E-state index contributed by atoms with van der Waals surface area (Å²) in [6.45, 7) is 10.6. The van der Waals surface area contributed by atoms with E-state index in [2.05, 4.69) is 50.0 Å². The molecule has 7 nitrogen and oxygen atoms in total. The van der Waals surface area contributed by atoms with Gasteiger partial charge in [-0.2, -0.15) is 4.99 Å². The van der Waals surface area contributed by atoms with E-state index in [4.69, 9.17) is 42.8 Å². The Balaban J connectivity index is 0.00000420. The third kappa shape index (κ3) is 9.75. The minimum atomic E-state index is 0. The molecule has 5 atom stereocenters. The fourth-order valence-electron chi connectivity index (χ4n) is 5.58. The molecule has 0 saturated carbocycles. The number of hydrogen-bond acceptors (Lipinski definition) is 6. The fourth-order valence-corrected chi connectivity index (χ4v) is 5.69. The van der Waals surface area contributed by atoms with E-state index in [1.54, 1.807) is 0 Å². The molecule has 3 aliphatic rings. The predicted molar refractivity (Wildman–Crippen MR) is 165 cm³/mol. The Hall–Kier alpha value is -1.09. The summed E-state index contributed by atoms with van der Waals surface area (Å²) in [5, 5.41) is 12.8. The van der Waals surface area contributed by atoms with Crippen LogP contribution in [0.3, 0.4) is 0 Å². The summed E-state index contributed by atoms with van der Waals surface area (Å²) in [5.41, 5.74) is 6.48. The molecule has 39 heavy (non-hydrogen) atoms. The maximum atomic E-state index is 5.24. The van der Waals surface area contributed by atoms with Crippen molar-refractivity contribution in [1.29, 1.82) is 0 Å². The number of piperidine rings is 2. The van der Waals surface area contributed by atoms with Crippen molar-refractivity contribution >= 4 is 45.9 Å². The SMILES string of the molecule is CC1=NCCN=C(C)C2CCCC([N-]2)C(C)=NC(Cc2ccc(N=C=S)cc2)CN=C(C)C2CCCC1[N-]2.[Tb]. The second-order valence-electron chi connectivity index (χ2n) is 10.7. The molecule has 3 heterocycles. The van der Waals surface area contributed by atoms with Crippen LogP contribution in [0.5, 0.6) is 0 Å². The molecule has 213 valence electrons. The van der Waals surface area contributed by atoms with Crippen molar-refractivity contribution in [3.8, 4) is 0 Å². The maximum absolute atomic E-state index is 5.24. The van der Waals surface area contributed by atoms with E-state index in [9.17, 15) is 0 Å². The summed E-state index contributed by atoms with van der Waals surface area (Å²) < 4.78 is 0. The molecule has 4 bridgehead atoms. The van der Waals surface area contributed by atoms with Gasteiger partial charge in [0.2, 0.25) is 0 Å². The molecule has 0 aromatic heterocycles. The van der Waals surface area contributed by atoms with Crippen LogP contribution in [0, 0.1) is 38.6 Å². The Morgan fingerprint density at radius 3 is 1.77 bits per heavy atom. The van der Waals surface area contributed by atoms with Crippen LogP contribution in [-0.4, -0.2) is 77.9 Å².